The molecule has 0 aliphatic carbocycles. The first kappa shape index (κ1) is 71.7. The molecule has 27 nitrogen and oxygen atoms in total. The van der Waals surface area contributed by atoms with E-state index in [1.807, 2.05) is 0 Å². The Balaban J connectivity index is 2.67. The van der Waals surface area contributed by atoms with Crippen molar-refractivity contribution in [1.82, 2.24) is 10.6 Å². The number of imide groups is 3. The summed E-state index contributed by atoms with van der Waals surface area (Å²) in [6.45, 7) is 29.7. The van der Waals surface area contributed by atoms with Gasteiger partial charge in [-0.3, -0.25) is 24.2 Å². The van der Waals surface area contributed by atoms with Crippen molar-refractivity contribution in [2.24, 2.45) is 4.99 Å². The lowest BCUT2D eigenvalue weighted by Gasteiger charge is -2.58. The number of cyclic esters (lactones) is 2. The van der Waals surface area contributed by atoms with Crippen LogP contribution in [-0.2, 0) is 76.9 Å². The maximum Gasteiger partial charge on any atom is 0.546 e. The molecular formula is C60H87N6O21+3. The minimum atomic E-state index is -3.44. The van der Waals surface area contributed by atoms with Crippen LogP contribution in [0.15, 0.2) is 104 Å². The normalized spacial score (nSPS) is 26.7. The van der Waals surface area contributed by atoms with Gasteiger partial charge in [0.1, 0.15) is 85.0 Å². The minimum absolute atomic E-state index is 0.0828. The van der Waals surface area contributed by atoms with Gasteiger partial charge in [0.05, 0.1) is 0 Å². The van der Waals surface area contributed by atoms with Crippen LogP contribution in [0.1, 0.15) is 124 Å². The number of aliphatic imine (C=N–C) groups is 1. The van der Waals surface area contributed by atoms with E-state index in [1.54, 1.807) is 6.92 Å². The van der Waals surface area contributed by atoms with E-state index in [-0.39, 0.29) is 82.1 Å². The van der Waals surface area contributed by atoms with Crippen molar-refractivity contribution in [3.63, 3.8) is 0 Å². The van der Waals surface area contributed by atoms with E-state index in [4.69, 9.17) is 57.7 Å². The van der Waals surface area contributed by atoms with Crippen LogP contribution < -0.4 is 10.6 Å². The van der Waals surface area contributed by atoms with Crippen LogP contribution in [0.3, 0.4) is 0 Å². The summed E-state index contributed by atoms with van der Waals surface area (Å²) in [6.07, 6.45) is -2.53. The smallest absolute Gasteiger partial charge is 0.461 e. The maximum absolute atomic E-state index is 18.3. The van der Waals surface area contributed by atoms with Gasteiger partial charge in [-0.25, -0.2) is 9.59 Å². The number of urea groups is 3. The predicted molar refractivity (Wildman–Crippen MR) is 309 cm³/mol. The Bertz CT molecular complexity index is 2530. The topological polar surface area (TPSA) is 301 Å². The fourth-order valence-corrected chi connectivity index (χ4v) is 10.7. The third kappa shape index (κ3) is 17.0. The molecule has 0 bridgehead atoms. The van der Waals surface area contributed by atoms with E-state index in [0.29, 0.717) is 31.3 Å². The van der Waals surface area contributed by atoms with Crippen LogP contribution in [0.4, 0.5) is 24.0 Å². The molecule has 8 amide bonds. The Kier molecular flexibility index (Phi) is 27.9. The first-order valence-corrected chi connectivity index (χ1v) is 28.9. The van der Waals surface area contributed by atoms with Crippen LogP contribution in [0.25, 0.3) is 0 Å². The molecule has 480 valence electrons. The predicted octanol–water partition coefficient (Wildman–Crippen LogP) is 8.99. The minimum Gasteiger partial charge on any atom is -0.461 e. The van der Waals surface area contributed by atoms with Gasteiger partial charge in [-0.2, -0.15) is 24.2 Å². The second-order valence-corrected chi connectivity index (χ2v) is 21.7. The largest absolute Gasteiger partial charge is 0.546 e. The van der Waals surface area contributed by atoms with Gasteiger partial charge in [0, 0.05) is 19.6 Å². The summed E-state index contributed by atoms with van der Waals surface area (Å²) in [5.74, 6) is -7.18. The number of quaternary nitrogens is 3. The highest BCUT2D eigenvalue weighted by molar-refractivity contribution is 5.95. The number of carbonyl (C=O) groups is 9. The van der Waals surface area contributed by atoms with E-state index in [9.17, 15) is 19.2 Å². The number of amides is 8. The number of nitrogens with zero attached hydrogens (tertiary/aromatic N) is 4. The van der Waals surface area contributed by atoms with E-state index in [0.717, 1.165) is 6.40 Å². The van der Waals surface area contributed by atoms with Gasteiger partial charge < -0.3 is 53.7 Å². The number of ether oxygens (including phenoxy) is 6. The summed E-state index contributed by atoms with van der Waals surface area (Å²) in [6, 6.07) is -5.16. The molecular weight excluding hydrogens is 1140 g/mol. The van der Waals surface area contributed by atoms with Crippen molar-refractivity contribution in [3.05, 3.63) is 99.1 Å². The molecule has 0 aromatic heterocycles. The standard InChI is InChI=1S/C60H85N6O21/c1-12-33-76-49(67)36-58(38-51(69)78-40-44(4)5)64(30-24-19-16-22-28-62-53(71)83-58)55(73)65(31-25-20-17-23-29-63-54(72)84-59(65,37-50(68)77-34-13-2)39-52(70)79-41-45(6)7)57(75)66(56(64)74)32-26-18-15-21-27-61-43-82-87-60(66,47(10)85-80-35-14-3)48(11)86-81-42-46(8)9/h12-14,43H,1-4,6,8,10-11,15-42H2,5,7,9H3/q+1/p+2. The van der Waals surface area contributed by atoms with Crippen LogP contribution in [0, 0.1) is 0 Å². The lowest BCUT2D eigenvalue weighted by atomic mass is 9.90. The van der Waals surface area contributed by atoms with Crippen LogP contribution >= 0.6 is 0 Å². The zero-order chi connectivity index (χ0) is 64.3. The van der Waals surface area contributed by atoms with Gasteiger partial charge in [0.2, 0.25) is 17.9 Å². The number of esters is 4. The summed E-state index contributed by atoms with van der Waals surface area (Å²) < 4.78 is 29.1. The Labute approximate surface area is 507 Å². The van der Waals surface area contributed by atoms with Crippen molar-refractivity contribution in [1.29, 1.82) is 0 Å². The fourth-order valence-electron chi connectivity index (χ4n) is 10.7. The molecule has 4 aliphatic heterocycles. The number of carbonyl (C=O) groups excluding carboxylic acids is 9. The average molecular weight is 1230 g/mol. The molecule has 3 fully saturated rings. The second kappa shape index (κ2) is 33.9. The van der Waals surface area contributed by atoms with Crippen molar-refractivity contribution in [3.8, 4) is 0 Å². The molecule has 0 aromatic carbocycles. The zero-order valence-electron chi connectivity index (χ0n) is 50.6. The van der Waals surface area contributed by atoms with Crippen molar-refractivity contribution >= 4 is 60.6 Å². The van der Waals surface area contributed by atoms with Crippen LogP contribution in [-0.4, -0.2) is 170 Å². The van der Waals surface area contributed by atoms with Gasteiger partial charge in [-0.15, -0.1) is 11.5 Å². The van der Waals surface area contributed by atoms with Crippen molar-refractivity contribution < 1.29 is 114 Å². The van der Waals surface area contributed by atoms with Gasteiger partial charge in [0.15, 0.2) is 0 Å². The molecule has 0 radical (unpaired) electrons. The van der Waals surface area contributed by atoms with Gasteiger partial charge in [-0.1, -0.05) is 84.9 Å². The summed E-state index contributed by atoms with van der Waals surface area (Å²) in [7, 11) is 0. The molecule has 0 aromatic rings. The SMILES string of the molecule is C=CCOOC(=C)C1(C(=C)OOCC(=C)C)OOC=NCCCCCC[N+]12C(=O)[N+]1(CCCCCCNC(=O)OC1(CC(=O)OCC=C)CC(=O)OCC(=C)C)C(=O)[N+]1(CCCCCCNC(=O)OC1(CC(=O)OCC=C)CC(=O)OCC(=C)C)C2=O. The third-order valence-electron chi connectivity index (χ3n) is 14.6. The monoisotopic (exact) mass is 1230 g/mol. The lowest BCUT2D eigenvalue weighted by Crippen LogP contribution is -2.96. The first-order chi connectivity index (χ1) is 41.5. The van der Waals surface area contributed by atoms with Gasteiger partial charge >= 0.3 is 59.9 Å². The summed E-state index contributed by atoms with van der Waals surface area (Å²) >= 11 is 0. The van der Waals surface area contributed by atoms with Crippen LogP contribution in [0.2, 0.25) is 0 Å². The van der Waals surface area contributed by atoms with E-state index >= 15 is 24.0 Å². The Hall–Kier alpha value is -7.82. The van der Waals surface area contributed by atoms with Gasteiger partial charge in [0.25, 0.3) is 11.4 Å². The molecule has 0 saturated carbocycles. The fraction of sp³-hybridized carbons (Fsp3) is 0.567. The number of hydrogen-bond donors (Lipinski definition) is 2. The number of alkyl carbamates (subject to hydrolysis) is 2. The quantitative estimate of drug-likeness (QED) is 0.0119. The highest BCUT2D eigenvalue weighted by Crippen LogP contribution is 2.56. The van der Waals surface area contributed by atoms with E-state index in [1.165, 1.54) is 32.1 Å². The Morgan fingerprint density at radius 3 is 1.32 bits per heavy atom. The molecule has 5 atom stereocenters. The molecule has 27 heteroatoms. The van der Waals surface area contributed by atoms with Gasteiger partial charge in [-0.05, 0) is 107 Å². The Morgan fingerprint density at radius 2 is 0.897 bits per heavy atom. The van der Waals surface area contributed by atoms with E-state index in [2.05, 4.69) is 68.3 Å². The molecule has 5 unspecified atom stereocenters. The Morgan fingerprint density at radius 1 is 0.517 bits per heavy atom. The highest BCUT2D eigenvalue weighted by atomic mass is 17.2. The molecule has 87 heavy (non-hydrogen) atoms. The molecule has 3 spiro atoms. The zero-order valence-corrected chi connectivity index (χ0v) is 50.6. The van der Waals surface area contributed by atoms with E-state index < -0.39 is 181 Å². The third-order valence-corrected chi connectivity index (χ3v) is 14.6. The molecule has 4 aliphatic rings. The first-order valence-electron chi connectivity index (χ1n) is 28.9. The van der Waals surface area contributed by atoms with Crippen LogP contribution in [0.5, 0.6) is 0 Å². The molecule has 4 heterocycles. The highest BCUT2D eigenvalue weighted by Gasteiger charge is 2.94. The van der Waals surface area contributed by atoms with Crippen molar-refractivity contribution in [2.75, 3.05) is 78.9 Å². The summed E-state index contributed by atoms with van der Waals surface area (Å²) in [4.78, 5) is 185. The number of rotatable bonds is 26. The lowest BCUT2D eigenvalue weighted by molar-refractivity contribution is -1.08. The summed E-state index contributed by atoms with van der Waals surface area (Å²) in [5.41, 5.74) is -9.19. The summed E-state index contributed by atoms with van der Waals surface area (Å²) in [5, 5.41) is 5.20. The second-order valence-electron chi connectivity index (χ2n) is 21.7. The molecule has 2 N–H and O–H groups in total. The number of hydrogen-bond acceptors (Lipinski definition) is 22. The van der Waals surface area contributed by atoms with Crippen molar-refractivity contribution in [2.45, 2.75) is 141 Å². The maximum atomic E-state index is 18.3. The number of nitrogens with one attached hydrogen (secondary N) is 2. The average Bonchev–Trinajstić information content (AvgIpc) is 0.720. The molecule has 4 rings (SSSR count). The molecule has 3 saturated heterocycles.